The average molecular weight is 197 g/mol. The van der Waals surface area contributed by atoms with Crippen molar-refractivity contribution < 1.29 is 18.3 Å². The van der Waals surface area contributed by atoms with Gasteiger partial charge in [-0.05, 0) is 25.7 Å². The van der Waals surface area contributed by atoms with Crippen LogP contribution in [-0.4, -0.2) is 23.4 Å². The molecule has 1 aliphatic carbocycles. The van der Waals surface area contributed by atoms with E-state index >= 15 is 0 Å². The molecule has 1 rings (SSSR count). The van der Waals surface area contributed by atoms with Gasteiger partial charge in [-0.25, -0.2) is 0 Å². The molecular weight excluding hydrogens is 183 g/mol. The number of aliphatic hydroxyl groups is 1. The molecule has 5 heteroatoms. The highest BCUT2D eigenvalue weighted by Crippen LogP contribution is 2.41. The molecule has 0 aromatic rings. The minimum absolute atomic E-state index is 0.0837. The predicted octanol–water partition coefficient (Wildman–Crippen LogP) is 1.43. The molecule has 0 aromatic carbocycles. The zero-order valence-electron chi connectivity index (χ0n) is 7.27. The lowest BCUT2D eigenvalue weighted by Gasteiger charge is -2.36. The molecule has 0 aromatic heterocycles. The van der Waals surface area contributed by atoms with Crippen molar-refractivity contribution in [1.29, 1.82) is 0 Å². The van der Waals surface area contributed by atoms with Gasteiger partial charge in [0.05, 0.1) is 11.5 Å². The van der Waals surface area contributed by atoms with Gasteiger partial charge in [-0.2, -0.15) is 13.2 Å². The van der Waals surface area contributed by atoms with Crippen LogP contribution in [0.3, 0.4) is 0 Å². The molecule has 0 unspecified atom stereocenters. The van der Waals surface area contributed by atoms with E-state index in [9.17, 15) is 18.3 Å². The molecule has 13 heavy (non-hydrogen) atoms. The molecule has 1 aliphatic rings. The lowest BCUT2D eigenvalue weighted by Crippen LogP contribution is -2.45. The van der Waals surface area contributed by atoms with E-state index in [1.54, 1.807) is 0 Å². The molecule has 3 N–H and O–H groups in total. The summed E-state index contributed by atoms with van der Waals surface area (Å²) >= 11 is 0. The maximum Gasteiger partial charge on any atom is 0.391 e. The molecule has 1 saturated carbocycles. The molecule has 2 atom stereocenters. The second-order valence-corrected chi connectivity index (χ2v) is 3.76. The standard InChI is InChI=1S/C8H14F3NO/c9-8(10,11)6-2-1-3-7(13,4-6)5-12/h6,13H,1-5,12H2/t6-,7-/m1/s1. The van der Waals surface area contributed by atoms with Crippen LogP contribution in [0.15, 0.2) is 0 Å². The fourth-order valence-electron chi connectivity index (χ4n) is 1.81. The summed E-state index contributed by atoms with van der Waals surface area (Å²) in [6, 6.07) is 0. The Hall–Kier alpha value is -0.290. The number of halogens is 3. The van der Waals surface area contributed by atoms with Gasteiger partial charge in [0, 0.05) is 6.54 Å². The highest BCUT2D eigenvalue weighted by atomic mass is 19.4. The Kier molecular flexibility index (Phi) is 2.87. The Morgan fingerprint density at radius 3 is 2.54 bits per heavy atom. The van der Waals surface area contributed by atoms with E-state index in [0.29, 0.717) is 12.8 Å². The first-order chi connectivity index (χ1) is 5.87. The van der Waals surface area contributed by atoms with Crippen molar-refractivity contribution in [1.82, 2.24) is 0 Å². The monoisotopic (exact) mass is 197 g/mol. The van der Waals surface area contributed by atoms with E-state index in [1.165, 1.54) is 0 Å². The summed E-state index contributed by atoms with van der Waals surface area (Å²) in [4.78, 5) is 0. The first kappa shape index (κ1) is 10.8. The van der Waals surface area contributed by atoms with Crippen LogP contribution in [0.2, 0.25) is 0 Å². The van der Waals surface area contributed by atoms with Crippen LogP contribution < -0.4 is 5.73 Å². The van der Waals surface area contributed by atoms with Crippen LogP contribution in [-0.2, 0) is 0 Å². The Bertz CT molecular complexity index is 183. The molecule has 0 aliphatic heterocycles. The van der Waals surface area contributed by atoms with Crippen molar-refractivity contribution in [2.24, 2.45) is 11.7 Å². The van der Waals surface area contributed by atoms with E-state index in [-0.39, 0.29) is 19.4 Å². The molecule has 1 fully saturated rings. The zero-order valence-corrected chi connectivity index (χ0v) is 7.27. The number of nitrogens with two attached hydrogens (primary N) is 1. The van der Waals surface area contributed by atoms with Crippen LogP contribution >= 0.6 is 0 Å². The number of hydrogen-bond donors (Lipinski definition) is 2. The number of alkyl halides is 3. The van der Waals surface area contributed by atoms with Crippen LogP contribution in [0.25, 0.3) is 0 Å². The summed E-state index contributed by atoms with van der Waals surface area (Å²) < 4.78 is 36.8. The molecule has 0 bridgehead atoms. The van der Waals surface area contributed by atoms with E-state index in [0.717, 1.165) is 0 Å². The highest BCUT2D eigenvalue weighted by Gasteiger charge is 2.46. The van der Waals surface area contributed by atoms with Crippen molar-refractivity contribution in [2.45, 2.75) is 37.5 Å². The predicted molar refractivity (Wildman–Crippen MR) is 42.0 cm³/mol. The van der Waals surface area contributed by atoms with Crippen LogP contribution in [0.5, 0.6) is 0 Å². The lowest BCUT2D eigenvalue weighted by atomic mass is 9.78. The molecule has 2 nitrogen and oxygen atoms in total. The lowest BCUT2D eigenvalue weighted by molar-refractivity contribution is -0.199. The van der Waals surface area contributed by atoms with Crippen molar-refractivity contribution in [3.05, 3.63) is 0 Å². The van der Waals surface area contributed by atoms with Gasteiger partial charge in [-0.15, -0.1) is 0 Å². The zero-order chi connectivity index (χ0) is 10.1. The third kappa shape index (κ3) is 2.57. The Morgan fingerprint density at radius 1 is 1.46 bits per heavy atom. The topological polar surface area (TPSA) is 46.2 Å². The van der Waals surface area contributed by atoms with Gasteiger partial charge in [-0.1, -0.05) is 0 Å². The summed E-state index contributed by atoms with van der Waals surface area (Å²) in [6.45, 7) is -0.0837. The van der Waals surface area contributed by atoms with Crippen molar-refractivity contribution in [3.8, 4) is 0 Å². The van der Waals surface area contributed by atoms with Crippen molar-refractivity contribution in [2.75, 3.05) is 6.54 Å². The Morgan fingerprint density at radius 2 is 2.08 bits per heavy atom. The molecule has 0 amide bonds. The number of hydrogen-bond acceptors (Lipinski definition) is 2. The van der Waals surface area contributed by atoms with E-state index in [4.69, 9.17) is 5.73 Å². The normalized spacial score (nSPS) is 36.2. The molecule has 0 spiro atoms. The van der Waals surface area contributed by atoms with Crippen LogP contribution in [0.4, 0.5) is 13.2 Å². The van der Waals surface area contributed by atoms with Gasteiger partial charge in [-0.3, -0.25) is 0 Å². The molecular formula is C8H14F3NO. The summed E-state index contributed by atoms with van der Waals surface area (Å²) in [5.74, 6) is -1.38. The van der Waals surface area contributed by atoms with Gasteiger partial charge in [0.2, 0.25) is 0 Å². The highest BCUT2D eigenvalue weighted by molar-refractivity contribution is 4.89. The summed E-state index contributed by atoms with van der Waals surface area (Å²) in [6.07, 6.45) is -3.53. The number of rotatable bonds is 1. The Balaban J connectivity index is 2.62. The maximum absolute atomic E-state index is 12.3. The largest absolute Gasteiger partial charge is 0.391 e. The Labute approximate surface area is 74.9 Å². The molecule has 0 radical (unpaired) electrons. The quantitative estimate of drug-likeness (QED) is 0.668. The van der Waals surface area contributed by atoms with Gasteiger partial charge >= 0.3 is 6.18 Å². The van der Waals surface area contributed by atoms with Gasteiger partial charge in [0.1, 0.15) is 0 Å². The third-order valence-corrected chi connectivity index (χ3v) is 2.66. The van der Waals surface area contributed by atoms with E-state index < -0.39 is 17.7 Å². The fraction of sp³-hybridized carbons (Fsp3) is 1.00. The second-order valence-electron chi connectivity index (χ2n) is 3.76. The first-order valence-electron chi connectivity index (χ1n) is 4.36. The third-order valence-electron chi connectivity index (χ3n) is 2.66. The summed E-state index contributed by atoms with van der Waals surface area (Å²) in [7, 11) is 0. The van der Waals surface area contributed by atoms with E-state index in [2.05, 4.69) is 0 Å². The molecule has 78 valence electrons. The maximum atomic E-state index is 12.3. The smallest absolute Gasteiger partial charge is 0.389 e. The van der Waals surface area contributed by atoms with Gasteiger partial charge in [0.25, 0.3) is 0 Å². The van der Waals surface area contributed by atoms with Gasteiger partial charge in [0.15, 0.2) is 0 Å². The van der Waals surface area contributed by atoms with Gasteiger partial charge < -0.3 is 10.8 Å². The van der Waals surface area contributed by atoms with Crippen LogP contribution in [0, 0.1) is 5.92 Å². The average Bonchev–Trinajstić information content (AvgIpc) is 2.03. The van der Waals surface area contributed by atoms with E-state index in [1.807, 2.05) is 0 Å². The SMILES string of the molecule is NC[C@@]1(O)CCC[C@@H](C(F)(F)F)C1. The molecule has 0 heterocycles. The minimum Gasteiger partial charge on any atom is -0.389 e. The van der Waals surface area contributed by atoms with Crippen molar-refractivity contribution in [3.63, 3.8) is 0 Å². The van der Waals surface area contributed by atoms with Crippen molar-refractivity contribution >= 4 is 0 Å². The second kappa shape index (κ2) is 3.46. The molecule has 0 saturated heterocycles. The summed E-state index contributed by atoms with van der Waals surface area (Å²) in [5.41, 5.74) is 3.93. The van der Waals surface area contributed by atoms with Crippen LogP contribution in [0.1, 0.15) is 25.7 Å². The summed E-state index contributed by atoms with van der Waals surface area (Å²) in [5, 5.41) is 9.59. The minimum atomic E-state index is -4.19. The first-order valence-corrected chi connectivity index (χ1v) is 4.36. The fourth-order valence-corrected chi connectivity index (χ4v) is 1.81.